The zero-order chi connectivity index (χ0) is 22.9. The number of hydrogen-bond donors (Lipinski definition) is 2. The second-order valence-electron chi connectivity index (χ2n) is 8.64. The van der Waals surface area contributed by atoms with Crippen LogP contribution in [0.25, 0.3) is 0 Å². The van der Waals surface area contributed by atoms with Crippen molar-refractivity contribution in [1.82, 2.24) is 15.3 Å². The molecule has 1 fully saturated rings. The molecule has 0 radical (unpaired) electrons. The maximum atomic E-state index is 12.3. The highest BCUT2D eigenvalue weighted by molar-refractivity contribution is 5.97. The van der Waals surface area contributed by atoms with Crippen LogP contribution < -0.4 is 20.7 Å². The molecule has 1 aliphatic heterocycles. The van der Waals surface area contributed by atoms with Crippen LogP contribution >= 0.6 is 0 Å². The molecule has 1 aliphatic rings. The molecule has 1 saturated heterocycles. The summed E-state index contributed by atoms with van der Waals surface area (Å²) in [6.07, 6.45) is 9.39. The number of nitrogens with one attached hydrogen (secondary N) is 1. The van der Waals surface area contributed by atoms with Crippen LogP contribution in [0.5, 0.6) is 5.75 Å². The van der Waals surface area contributed by atoms with Gasteiger partial charge in [0.05, 0.1) is 6.61 Å². The van der Waals surface area contributed by atoms with Gasteiger partial charge in [0.25, 0.3) is 5.91 Å². The molecule has 3 rings (SSSR count). The third-order valence-corrected chi connectivity index (χ3v) is 6.19. The number of rotatable bonds is 10. The number of piperidine rings is 1. The van der Waals surface area contributed by atoms with Crippen LogP contribution in [0.15, 0.2) is 24.5 Å². The van der Waals surface area contributed by atoms with Crippen molar-refractivity contribution in [3.8, 4) is 5.75 Å². The molecular formula is C26H41N5O2. The Morgan fingerprint density at radius 3 is 2.39 bits per heavy atom. The quantitative estimate of drug-likeness (QED) is 0.525. The van der Waals surface area contributed by atoms with Crippen LogP contribution in [0.4, 0.5) is 5.95 Å². The minimum Gasteiger partial charge on any atom is -0.494 e. The summed E-state index contributed by atoms with van der Waals surface area (Å²) in [5.74, 6) is 2.34. The highest BCUT2D eigenvalue weighted by Crippen LogP contribution is 2.25. The number of hydrogen-bond acceptors (Lipinski definition) is 6. The summed E-state index contributed by atoms with van der Waals surface area (Å²) in [4.78, 5) is 23.6. The highest BCUT2D eigenvalue weighted by atomic mass is 16.5. The molecule has 3 N–H and O–H groups in total. The van der Waals surface area contributed by atoms with Crippen molar-refractivity contribution in [3.05, 3.63) is 46.8 Å². The fourth-order valence-corrected chi connectivity index (χ4v) is 4.32. The number of anilines is 1. The standard InChI is InChI=1S/C25H37N5O2.CH4/c1-4-20-16-28-25(29-17-20)30-11-7-21(8-12-30)6-5-13-32-22-14-18(2)23(19(3)15-22)24(31)27-10-9-26;/h14-17,21H,4-13,26H2,1-3H3,(H,27,31);1H4. The van der Waals surface area contributed by atoms with Gasteiger partial charge in [0.2, 0.25) is 5.95 Å². The minimum absolute atomic E-state index is 0. The molecule has 1 aromatic carbocycles. The van der Waals surface area contributed by atoms with Crippen molar-refractivity contribution in [2.75, 3.05) is 37.7 Å². The van der Waals surface area contributed by atoms with Crippen LogP contribution in [-0.4, -0.2) is 48.7 Å². The molecule has 182 valence electrons. The normalized spacial score (nSPS) is 14.0. The zero-order valence-corrected chi connectivity index (χ0v) is 19.7. The van der Waals surface area contributed by atoms with E-state index < -0.39 is 0 Å². The third-order valence-electron chi connectivity index (χ3n) is 6.19. The summed E-state index contributed by atoms with van der Waals surface area (Å²) in [7, 11) is 0. The number of aromatic nitrogens is 2. The fraction of sp³-hybridized carbons (Fsp3) is 0.577. The van der Waals surface area contributed by atoms with Gasteiger partial charge in [0, 0.05) is 44.1 Å². The first-order valence-corrected chi connectivity index (χ1v) is 11.8. The van der Waals surface area contributed by atoms with E-state index in [-0.39, 0.29) is 13.3 Å². The van der Waals surface area contributed by atoms with E-state index in [1.54, 1.807) is 0 Å². The summed E-state index contributed by atoms with van der Waals surface area (Å²) in [6.45, 7) is 9.66. The molecule has 2 aromatic rings. The molecule has 0 atom stereocenters. The highest BCUT2D eigenvalue weighted by Gasteiger charge is 2.21. The van der Waals surface area contributed by atoms with Crippen molar-refractivity contribution in [2.45, 2.75) is 60.3 Å². The first-order chi connectivity index (χ1) is 15.5. The molecule has 2 heterocycles. The minimum atomic E-state index is -0.0740. The molecule has 7 nitrogen and oxygen atoms in total. The molecule has 0 bridgehead atoms. The van der Waals surface area contributed by atoms with E-state index in [0.29, 0.717) is 25.3 Å². The number of amides is 1. The molecule has 33 heavy (non-hydrogen) atoms. The monoisotopic (exact) mass is 455 g/mol. The van der Waals surface area contributed by atoms with Crippen molar-refractivity contribution < 1.29 is 9.53 Å². The van der Waals surface area contributed by atoms with Gasteiger partial charge in [-0.1, -0.05) is 14.4 Å². The van der Waals surface area contributed by atoms with E-state index >= 15 is 0 Å². The summed E-state index contributed by atoms with van der Waals surface area (Å²) >= 11 is 0. The zero-order valence-electron chi connectivity index (χ0n) is 19.7. The number of nitrogens with zero attached hydrogens (tertiary/aromatic N) is 3. The van der Waals surface area contributed by atoms with Crippen LogP contribution in [-0.2, 0) is 6.42 Å². The van der Waals surface area contributed by atoms with Crippen molar-refractivity contribution in [1.29, 1.82) is 0 Å². The maximum absolute atomic E-state index is 12.3. The van der Waals surface area contributed by atoms with E-state index in [1.807, 2.05) is 38.4 Å². The first-order valence-electron chi connectivity index (χ1n) is 11.8. The number of benzene rings is 1. The van der Waals surface area contributed by atoms with Gasteiger partial charge in [-0.15, -0.1) is 0 Å². The molecule has 0 aliphatic carbocycles. The Labute approximate surface area is 199 Å². The van der Waals surface area contributed by atoms with Gasteiger partial charge >= 0.3 is 0 Å². The SMILES string of the molecule is C.CCc1cnc(N2CCC(CCCOc3cc(C)c(C(=O)NCCN)c(C)c3)CC2)nc1. The van der Waals surface area contributed by atoms with Crippen LogP contribution in [0.1, 0.15) is 67.1 Å². The van der Waals surface area contributed by atoms with Crippen LogP contribution in [0.2, 0.25) is 0 Å². The van der Waals surface area contributed by atoms with Gasteiger partial charge in [-0.2, -0.15) is 0 Å². The molecule has 1 amide bonds. The van der Waals surface area contributed by atoms with Crippen LogP contribution in [0.3, 0.4) is 0 Å². The number of carbonyl (C=O) groups excluding carboxylic acids is 1. The average Bonchev–Trinajstić information content (AvgIpc) is 2.80. The number of carbonyl (C=O) groups is 1. The van der Waals surface area contributed by atoms with Crippen molar-refractivity contribution >= 4 is 11.9 Å². The smallest absolute Gasteiger partial charge is 0.251 e. The predicted octanol–water partition coefficient (Wildman–Crippen LogP) is 4.06. The number of ether oxygens (including phenoxy) is 1. The Kier molecular flexibility index (Phi) is 10.6. The first kappa shape index (κ1) is 26.6. The Hall–Kier alpha value is -2.67. The van der Waals surface area contributed by atoms with E-state index in [4.69, 9.17) is 10.5 Å². The second-order valence-corrected chi connectivity index (χ2v) is 8.64. The van der Waals surface area contributed by atoms with Crippen LogP contribution in [0, 0.1) is 19.8 Å². The predicted molar refractivity (Wildman–Crippen MR) is 135 cm³/mol. The van der Waals surface area contributed by atoms with Gasteiger partial charge < -0.3 is 20.7 Å². The Morgan fingerprint density at radius 2 is 1.82 bits per heavy atom. The van der Waals surface area contributed by atoms with Gasteiger partial charge in [-0.3, -0.25) is 4.79 Å². The summed E-state index contributed by atoms with van der Waals surface area (Å²) in [5, 5.41) is 2.84. The molecule has 0 saturated carbocycles. The lowest BCUT2D eigenvalue weighted by atomic mass is 9.92. The molecule has 0 unspecified atom stereocenters. The lowest BCUT2D eigenvalue weighted by Crippen LogP contribution is -2.35. The van der Waals surface area contributed by atoms with E-state index in [1.165, 1.54) is 24.8 Å². The van der Waals surface area contributed by atoms with Crippen molar-refractivity contribution in [2.24, 2.45) is 11.7 Å². The summed E-state index contributed by atoms with van der Waals surface area (Å²) in [6, 6.07) is 3.90. The lowest BCUT2D eigenvalue weighted by Gasteiger charge is -2.32. The molecular weight excluding hydrogens is 414 g/mol. The van der Waals surface area contributed by atoms with Crippen molar-refractivity contribution in [3.63, 3.8) is 0 Å². The van der Waals surface area contributed by atoms with Gasteiger partial charge in [0.1, 0.15) is 5.75 Å². The van der Waals surface area contributed by atoms with Gasteiger partial charge in [0.15, 0.2) is 0 Å². The number of aryl methyl sites for hydroxylation is 3. The van der Waals surface area contributed by atoms with Gasteiger partial charge in [-0.25, -0.2) is 9.97 Å². The molecule has 0 spiro atoms. The van der Waals surface area contributed by atoms with E-state index in [2.05, 4.69) is 27.1 Å². The Bertz CT molecular complexity index is 854. The lowest BCUT2D eigenvalue weighted by molar-refractivity contribution is 0.0953. The van der Waals surface area contributed by atoms with E-state index in [9.17, 15) is 4.79 Å². The van der Waals surface area contributed by atoms with Gasteiger partial charge in [-0.05, 0) is 80.7 Å². The maximum Gasteiger partial charge on any atom is 0.251 e. The topological polar surface area (TPSA) is 93.4 Å². The largest absolute Gasteiger partial charge is 0.494 e. The average molecular weight is 456 g/mol. The Morgan fingerprint density at radius 1 is 1.18 bits per heavy atom. The Balaban J connectivity index is 0.00000385. The summed E-state index contributed by atoms with van der Waals surface area (Å²) < 4.78 is 6.00. The second kappa shape index (κ2) is 13.1. The summed E-state index contributed by atoms with van der Waals surface area (Å²) in [5.41, 5.74) is 9.22. The number of nitrogens with two attached hydrogens (primary N) is 1. The third kappa shape index (κ3) is 7.42. The van der Waals surface area contributed by atoms with E-state index in [0.717, 1.165) is 54.7 Å². The molecule has 1 aromatic heterocycles. The fourth-order valence-electron chi connectivity index (χ4n) is 4.32. The molecule has 7 heteroatoms.